The SMILES string of the molecule is O=Nc1c[nH]c(C(F)(F)F)cc1=O. The van der Waals surface area contributed by atoms with E-state index >= 15 is 0 Å². The molecule has 4 nitrogen and oxygen atoms in total. The van der Waals surface area contributed by atoms with Gasteiger partial charge in [-0.1, -0.05) is 0 Å². The number of nitrogens with zero attached hydrogens (tertiary/aromatic N) is 1. The Hall–Kier alpha value is -1.66. The van der Waals surface area contributed by atoms with E-state index in [2.05, 4.69) is 5.18 Å². The molecule has 0 amide bonds. The molecule has 0 aliphatic carbocycles. The van der Waals surface area contributed by atoms with Crippen LogP contribution in [0.15, 0.2) is 22.2 Å². The van der Waals surface area contributed by atoms with Gasteiger partial charge in [0.2, 0.25) is 5.43 Å². The van der Waals surface area contributed by atoms with Crippen LogP contribution >= 0.6 is 0 Å². The van der Waals surface area contributed by atoms with Crippen LogP contribution in [-0.4, -0.2) is 4.98 Å². The van der Waals surface area contributed by atoms with Crippen molar-refractivity contribution >= 4 is 5.69 Å². The molecular formula is C6H3F3N2O2. The number of halogens is 3. The zero-order valence-electron chi connectivity index (χ0n) is 6.05. The molecule has 13 heavy (non-hydrogen) atoms. The molecule has 0 aliphatic heterocycles. The molecule has 0 radical (unpaired) electrons. The Morgan fingerprint density at radius 2 is 2.00 bits per heavy atom. The van der Waals surface area contributed by atoms with Crippen LogP contribution < -0.4 is 5.43 Å². The number of aromatic amines is 1. The summed E-state index contributed by atoms with van der Waals surface area (Å²) in [6.45, 7) is 0. The van der Waals surface area contributed by atoms with E-state index in [1.807, 2.05) is 0 Å². The number of nitrogens with one attached hydrogen (secondary N) is 1. The lowest BCUT2D eigenvalue weighted by Gasteiger charge is -2.04. The molecule has 7 heteroatoms. The van der Waals surface area contributed by atoms with Crippen molar-refractivity contribution in [3.05, 3.63) is 33.1 Å². The molecule has 0 saturated carbocycles. The second-order valence-corrected chi connectivity index (χ2v) is 2.19. The largest absolute Gasteiger partial charge is 0.431 e. The first-order chi connectivity index (χ1) is 5.95. The first-order valence-corrected chi connectivity index (χ1v) is 3.08. The standard InChI is InChI=1S/C6H3F3N2O2/c7-6(8,9)5-1-4(12)3(11-13)2-10-5/h1-2H,(H,10,12). The van der Waals surface area contributed by atoms with Gasteiger partial charge in [0.1, 0.15) is 5.69 Å². The highest BCUT2D eigenvalue weighted by molar-refractivity contribution is 5.34. The molecule has 1 rings (SSSR count). The highest BCUT2D eigenvalue weighted by Gasteiger charge is 2.32. The smallest absolute Gasteiger partial charge is 0.355 e. The molecule has 1 aromatic rings. The van der Waals surface area contributed by atoms with Gasteiger partial charge in [0.05, 0.1) is 0 Å². The normalized spacial score (nSPS) is 11.3. The maximum absolute atomic E-state index is 11.9. The summed E-state index contributed by atoms with van der Waals surface area (Å²) in [7, 11) is 0. The molecule has 1 heterocycles. The van der Waals surface area contributed by atoms with Crippen LogP contribution in [0.2, 0.25) is 0 Å². The van der Waals surface area contributed by atoms with E-state index in [1.165, 1.54) is 0 Å². The minimum Gasteiger partial charge on any atom is -0.355 e. The molecule has 0 spiro atoms. The van der Waals surface area contributed by atoms with Crippen LogP contribution in [0.25, 0.3) is 0 Å². The number of pyridine rings is 1. The van der Waals surface area contributed by atoms with E-state index in [1.54, 1.807) is 4.98 Å². The van der Waals surface area contributed by atoms with Crippen molar-refractivity contribution < 1.29 is 13.2 Å². The van der Waals surface area contributed by atoms with E-state index in [0.29, 0.717) is 6.20 Å². The molecule has 0 unspecified atom stereocenters. The summed E-state index contributed by atoms with van der Waals surface area (Å²) < 4.78 is 35.8. The number of rotatable bonds is 1. The highest BCUT2D eigenvalue weighted by Crippen LogP contribution is 2.26. The third-order valence-corrected chi connectivity index (χ3v) is 1.30. The second-order valence-electron chi connectivity index (χ2n) is 2.19. The Morgan fingerprint density at radius 3 is 2.38 bits per heavy atom. The Labute approximate surface area is 69.4 Å². The lowest BCUT2D eigenvalue weighted by atomic mass is 10.3. The van der Waals surface area contributed by atoms with Crippen LogP contribution in [0.4, 0.5) is 18.9 Å². The van der Waals surface area contributed by atoms with Crippen LogP contribution in [0.3, 0.4) is 0 Å². The lowest BCUT2D eigenvalue weighted by molar-refractivity contribution is -0.141. The molecule has 1 N–H and O–H groups in total. The van der Waals surface area contributed by atoms with Crippen molar-refractivity contribution in [2.45, 2.75) is 6.18 Å². The van der Waals surface area contributed by atoms with E-state index in [-0.39, 0.29) is 6.07 Å². The van der Waals surface area contributed by atoms with Gasteiger partial charge in [-0.15, -0.1) is 4.91 Å². The Bertz CT molecular complexity index is 382. The summed E-state index contributed by atoms with van der Waals surface area (Å²) in [6, 6.07) is 0.288. The third-order valence-electron chi connectivity index (χ3n) is 1.30. The summed E-state index contributed by atoms with van der Waals surface area (Å²) in [5.41, 5.74) is -2.83. The summed E-state index contributed by atoms with van der Waals surface area (Å²) in [6.07, 6.45) is -4.00. The van der Waals surface area contributed by atoms with Crippen molar-refractivity contribution in [2.75, 3.05) is 0 Å². The topological polar surface area (TPSA) is 62.3 Å². The van der Waals surface area contributed by atoms with Crippen molar-refractivity contribution in [1.29, 1.82) is 0 Å². The molecule has 0 fully saturated rings. The van der Waals surface area contributed by atoms with Gasteiger partial charge < -0.3 is 4.98 Å². The zero-order chi connectivity index (χ0) is 10.1. The van der Waals surface area contributed by atoms with Gasteiger partial charge in [-0.05, 0) is 5.18 Å². The van der Waals surface area contributed by atoms with Crippen molar-refractivity contribution in [2.24, 2.45) is 5.18 Å². The van der Waals surface area contributed by atoms with Crippen molar-refractivity contribution in [3.63, 3.8) is 0 Å². The van der Waals surface area contributed by atoms with Crippen molar-refractivity contribution in [3.8, 4) is 0 Å². The average Bonchev–Trinajstić information content (AvgIpc) is 2.02. The average molecular weight is 192 g/mol. The fourth-order valence-electron chi connectivity index (χ4n) is 0.699. The van der Waals surface area contributed by atoms with Crippen molar-refractivity contribution in [1.82, 2.24) is 4.98 Å². The van der Waals surface area contributed by atoms with Crippen LogP contribution in [0, 0.1) is 4.91 Å². The fraction of sp³-hybridized carbons (Fsp3) is 0.167. The Balaban J connectivity index is 3.26. The quantitative estimate of drug-likeness (QED) is 0.689. The molecular weight excluding hydrogens is 189 g/mol. The molecule has 1 aromatic heterocycles. The number of nitroso groups, excluding NO2 is 1. The molecule has 0 saturated heterocycles. The highest BCUT2D eigenvalue weighted by atomic mass is 19.4. The number of aromatic nitrogens is 1. The number of H-pyrrole nitrogens is 1. The van der Waals surface area contributed by atoms with Crippen LogP contribution in [-0.2, 0) is 6.18 Å². The summed E-state index contributed by atoms with van der Waals surface area (Å²) in [5, 5.41) is 2.23. The maximum Gasteiger partial charge on any atom is 0.431 e. The molecule has 70 valence electrons. The summed E-state index contributed by atoms with van der Waals surface area (Å²) in [4.78, 5) is 22.3. The molecule has 0 aliphatic rings. The summed E-state index contributed by atoms with van der Waals surface area (Å²) >= 11 is 0. The van der Waals surface area contributed by atoms with Crippen LogP contribution in [0.1, 0.15) is 5.69 Å². The number of hydrogen-bond donors (Lipinski definition) is 1. The first-order valence-electron chi connectivity index (χ1n) is 3.08. The Kier molecular flexibility index (Phi) is 2.18. The van der Waals surface area contributed by atoms with Gasteiger partial charge in [-0.2, -0.15) is 13.2 Å². The number of hydrogen-bond acceptors (Lipinski definition) is 3. The molecule has 0 bridgehead atoms. The monoisotopic (exact) mass is 192 g/mol. The van der Waals surface area contributed by atoms with E-state index in [4.69, 9.17) is 0 Å². The lowest BCUT2D eigenvalue weighted by Crippen LogP contribution is -2.12. The van der Waals surface area contributed by atoms with E-state index < -0.39 is 23.0 Å². The second kappa shape index (κ2) is 3.00. The van der Waals surface area contributed by atoms with Crippen LogP contribution in [0.5, 0.6) is 0 Å². The Morgan fingerprint density at radius 1 is 1.38 bits per heavy atom. The third kappa shape index (κ3) is 1.92. The van der Waals surface area contributed by atoms with Gasteiger partial charge in [0, 0.05) is 12.3 Å². The van der Waals surface area contributed by atoms with E-state index in [0.717, 1.165) is 0 Å². The maximum atomic E-state index is 11.9. The van der Waals surface area contributed by atoms with Gasteiger partial charge in [-0.25, -0.2) is 0 Å². The summed E-state index contributed by atoms with van der Waals surface area (Å²) in [5.74, 6) is 0. The number of alkyl halides is 3. The van der Waals surface area contributed by atoms with Gasteiger partial charge >= 0.3 is 6.18 Å². The minimum atomic E-state index is -4.62. The zero-order valence-corrected chi connectivity index (χ0v) is 6.05. The van der Waals surface area contributed by atoms with E-state index in [9.17, 15) is 22.9 Å². The van der Waals surface area contributed by atoms with Gasteiger partial charge in [-0.3, -0.25) is 4.79 Å². The molecule has 0 aromatic carbocycles. The minimum absolute atomic E-state index is 0.288. The molecule has 0 atom stereocenters. The van der Waals surface area contributed by atoms with Gasteiger partial charge in [0.25, 0.3) is 0 Å². The first kappa shape index (κ1) is 9.43. The van der Waals surface area contributed by atoms with Gasteiger partial charge in [0.15, 0.2) is 5.69 Å². The predicted molar refractivity (Wildman–Crippen MR) is 37.5 cm³/mol. The fourth-order valence-corrected chi connectivity index (χ4v) is 0.699. The predicted octanol–water partition coefficient (Wildman–Crippen LogP) is 1.79.